The molecule has 3 aromatic heterocycles. The Morgan fingerprint density at radius 1 is 1.04 bits per heavy atom. The average molecular weight is 683 g/mol. The lowest BCUT2D eigenvalue weighted by molar-refractivity contribution is -0.276. The summed E-state index contributed by atoms with van der Waals surface area (Å²) < 4.78 is 76.0. The van der Waals surface area contributed by atoms with Crippen molar-refractivity contribution < 1.29 is 31.8 Å². The van der Waals surface area contributed by atoms with Gasteiger partial charge < -0.3 is 27.8 Å². The molecule has 3 heterocycles. The van der Waals surface area contributed by atoms with Gasteiger partial charge in [-0.15, -0.1) is 10.2 Å². The zero-order valence-electron chi connectivity index (χ0n) is 28.7. The molecule has 0 fully saturated rings. The van der Waals surface area contributed by atoms with Crippen LogP contribution in [0.1, 0.15) is 55.1 Å². The molecule has 5 rings (SSSR count). The first-order valence-electron chi connectivity index (χ1n) is 15.6. The Balaban J connectivity index is 1.89. The van der Waals surface area contributed by atoms with E-state index >= 15 is 13.2 Å². The zero-order chi connectivity index (χ0) is 35.2. The summed E-state index contributed by atoms with van der Waals surface area (Å²) in [4.78, 5) is 4.62. The second-order valence-electron chi connectivity index (χ2n) is 14.1. The van der Waals surface area contributed by atoms with Crippen molar-refractivity contribution in [3.05, 3.63) is 70.8 Å². The molecule has 2 aromatic carbocycles. The Morgan fingerprint density at radius 3 is 2.35 bits per heavy atom. The molecule has 0 aliphatic heterocycles. The number of ether oxygens (including phenoxy) is 3. The highest BCUT2D eigenvalue weighted by Gasteiger charge is 2.64. The number of rotatable bonds is 11. The van der Waals surface area contributed by atoms with Gasteiger partial charge in [0.1, 0.15) is 19.1 Å². The summed E-state index contributed by atoms with van der Waals surface area (Å²) in [5.74, 6) is -0.495. The van der Waals surface area contributed by atoms with Crippen LogP contribution in [-0.2, 0) is 34.0 Å². The molecule has 48 heavy (non-hydrogen) atoms. The number of fused-ring (bicyclic) bond motifs is 2. The van der Waals surface area contributed by atoms with Crippen LogP contribution < -0.4 is 4.74 Å². The number of imidazole rings is 1. The number of nitriles is 1. The van der Waals surface area contributed by atoms with Crippen molar-refractivity contribution >= 4 is 30.0 Å². The third-order valence-corrected chi connectivity index (χ3v) is 9.91. The van der Waals surface area contributed by atoms with Gasteiger partial charge in [-0.3, -0.25) is 0 Å². The summed E-state index contributed by atoms with van der Waals surface area (Å²) in [6.45, 7) is 15.2. The highest BCUT2D eigenvalue weighted by Crippen LogP contribution is 2.54. The summed E-state index contributed by atoms with van der Waals surface area (Å²) in [5.41, 5.74) is -1.90. The third-order valence-electron chi connectivity index (χ3n) is 8.21. The normalized spacial score (nSPS) is 14.1. The van der Waals surface area contributed by atoms with Crippen molar-refractivity contribution in [1.29, 1.82) is 5.26 Å². The Bertz CT molecular complexity index is 1990. The molecule has 0 N–H and O–H groups in total. The van der Waals surface area contributed by atoms with Crippen molar-refractivity contribution in [2.45, 2.75) is 91.0 Å². The molecule has 0 aliphatic rings. The van der Waals surface area contributed by atoms with Gasteiger partial charge in [0.25, 0.3) is 5.60 Å². The van der Waals surface area contributed by atoms with Gasteiger partial charge in [0.2, 0.25) is 11.8 Å². The standard InChI is InChI=1S/C34H41F3N6O4Si/c1-21-16-27(44-6)29(24-12-13-43(30(21)24)32(3,4)5)33(34(35,36)37,46-19-28-41-40-22(2)47-28)31-39-25-11-10-23(18-38)17-26(25)42(31)20-45-14-15-48(7,8)9/h10-13,16-17H,14-15,19-20H2,1-9H3. The highest BCUT2D eigenvalue weighted by molar-refractivity contribution is 6.76. The molecule has 1 unspecified atom stereocenters. The van der Waals surface area contributed by atoms with Gasteiger partial charge in [-0.1, -0.05) is 19.6 Å². The lowest BCUT2D eigenvalue weighted by Gasteiger charge is -2.37. The van der Waals surface area contributed by atoms with Gasteiger partial charge in [0.05, 0.1) is 40.9 Å². The predicted molar refractivity (Wildman–Crippen MR) is 177 cm³/mol. The maximum absolute atomic E-state index is 16.4. The first kappa shape index (κ1) is 35.1. The van der Waals surface area contributed by atoms with Gasteiger partial charge in [-0.05, 0) is 69.6 Å². The molecule has 14 heteroatoms. The summed E-state index contributed by atoms with van der Waals surface area (Å²) in [7, 11) is -0.202. The maximum atomic E-state index is 16.4. The molecule has 0 radical (unpaired) electrons. The Labute approximate surface area is 278 Å². The summed E-state index contributed by atoms with van der Waals surface area (Å²) in [6.07, 6.45) is -3.36. The molecule has 0 saturated heterocycles. The number of alkyl halides is 3. The quantitative estimate of drug-likeness (QED) is 0.102. The largest absolute Gasteiger partial charge is 0.496 e. The fourth-order valence-electron chi connectivity index (χ4n) is 5.88. The first-order valence-corrected chi connectivity index (χ1v) is 19.3. The Hall–Kier alpha value is -4.19. The van der Waals surface area contributed by atoms with E-state index in [2.05, 4.69) is 40.9 Å². The maximum Gasteiger partial charge on any atom is 0.429 e. The van der Waals surface area contributed by atoms with Crippen LogP contribution in [-0.4, -0.2) is 52.3 Å². The minimum atomic E-state index is -5.13. The molecule has 0 saturated carbocycles. The number of benzene rings is 2. The van der Waals surface area contributed by atoms with Crippen molar-refractivity contribution in [3.63, 3.8) is 0 Å². The molecule has 0 bridgehead atoms. The zero-order valence-corrected chi connectivity index (χ0v) is 29.7. The fourth-order valence-corrected chi connectivity index (χ4v) is 6.64. The van der Waals surface area contributed by atoms with E-state index in [1.54, 1.807) is 25.3 Å². The van der Waals surface area contributed by atoms with E-state index in [9.17, 15) is 5.26 Å². The van der Waals surface area contributed by atoms with Crippen LogP contribution in [0.25, 0.3) is 21.9 Å². The van der Waals surface area contributed by atoms with Gasteiger partial charge >= 0.3 is 6.18 Å². The number of hydrogen-bond donors (Lipinski definition) is 0. The lowest BCUT2D eigenvalue weighted by Crippen LogP contribution is -2.48. The summed E-state index contributed by atoms with van der Waals surface area (Å²) in [6, 6.07) is 10.7. The van der Waals surface area contributed by atoms with E-state index in [1.807, 2.05) is 32.3 Å². The Morgan fingerprint density at radius 2 is 1.77 bits per heavy atom. The van der Waals surface area contributed by atoms with E-state index in [-0.39, 0.29) is 51.8 Å². The number of hydrogen-bond acceptors (Lipinski definition) is 8. The number of halogens is 3. The second-order valence-corrected chi connectivity index (χ2v) is 19.7. The molecular weight excluding hydrogens is 641 g/mol. The predicted octanol–water partition coefficient (Wildman–Crippen LogP) is 7.96. The van der Waals surface area contributed by atoms with Gasteiger partial charge in [-0.2, -0.15) is 18.4 Å². The van der Waals surface area contributed by atoms with E-state index in [1.165, 1.54) is 29.9 Å². The fraction of sp³-hybridized carbons (Fsp3) is 0.471. The molecule has 10 nitrogen and oxygen atoms in total. The van der Waals surface area contributed by atoms with E-state index < -0.39 is 37.8 Å². The molecule has 5 aromatic rings. The monoisotopic (exact) mass is 682 g/mol. The van der Waals surface area contributed by atoms with Crippen molar-refractivity contribution in [3.8, 4) is 11.8 Å². The smallest absolute Gasteiger partial charge is 0.429 e. The topological polar surface area (TPSA) is 113 Å². The third kappa shape index (κ3) is 6.46. The first-order chi connectivity index (χ1) is 22.4. The van der Waals surface area contributed by atoms with Gasteiger partial charge in [0.15, 0.2) is 5.82 Å². The number of aromatic nitrogens is 5. The van der Waals surface area contributed by atoms with Crippen LogP contribution in [0.3, 0.4) is 0 Å². The Kier molecular flexibility index (Phi) is 9.28. The lowest BCUT2D eigenvalue weighted by atomic mass is 9.86. The average Bonchev–Trinajstić information content (AvgIpc) is 3.72. The van der Waals surface area contributed by atoms with Crippen molar-refractivity contribution in [2.24, 2.45) is 0 Å². The highest BCUT2D eigenvalue weighted by atomic mass is 28.3. The van der Waals surface area contributed by atoms with Gasteiger partial charge in [0, 0.05) is 38.7 Å². The second kappa shape index (κ2) is 12.7. The van der Waals surface area contributed by atoms with Crippen LogP contribution in [0.4, 0.5) is 13.2 Å². The SMILES string of the molecule is COc1cc(C)c2c(ccn2C(C)(C)C)c1C(OCc1nnc(C)o1)(c1nc2ccc(C#N)cc2n1COCC[Si](C)(C)C)C(F)(F)F. The number of aryl methyl sites for hydroxylation is 2. The van der Waals surface area contributed by atoms with Crippen LogP contribution in [0, 0.1) is 25.2 Å². The summed E-state index contributed by atoms with van der Waals surface area (Å²) in [5, 5.41) is 17.7. The van der Waals surface area contributed by atoms with E-state index in [4.69, 9.17) is 18.6 Å². The van der Waals surface area contributed by atoms with E-state index in [0.717, 1.165) is 11.6 Å². The van der Waals surface area contributed by atoms with Gasteiger partial charge in [-0.25, -0.2) is 4.98 Å². The molecule has 0 aliphatic carbocycles. The van der Waals surface area contributed by atoms with Crippen LogP contribution in [0.15, 0.2) is 40.9 Å². The van der Waals surface area contributed by atoms with Crippen molar-refractivity contribution in [1.82, 2.24) is 24.3 Å². The van der Waals surface area contributed by atoms with Crippen molar-refractivity contribution in [2.75, 3.05) is 13.7 Å². The minimum Gasteiger partial charge on any atom is -0.496 e. The van der Waals surface area contributed by atoms with Crippen LogP contribution >= 0.6 is 0 Å². The molecule has 1 atom stereocenters. The molecule has 0 amide bonds. The molecule has 256 valence electrons. The minimum absolute atomic E-state index is 0.0401. The number of methoxy groups -OCH3 is 1. The summed E-state index contributed by atoms with van der Waals surface area (Å²) >= 11 is 0. The van der Waals surface area contributed by atoms with Crippen LogP contribution in [0.2, 0.25) is 25.7 Å². The van der Waals surface area contributed by atoms with E-state index in [0.29, 0.717) is 12.1 Å². The molecule has 0 spiro atoms. The molecular formula is C34H41F3N6O4Si. The van der Waals surface area contributed by atoms with Crippen LogP contribution in [0.5, 0.6) is 5.75 Å². The number of nitrogens with zero attached hydrogens (tertiary/aromatic N) is 6.